The van der Waals surface area contributed by atoms with Gasteiger partial charge in [0.1, 0.15) is 5.69 Å². The van der Waals surface area contributed by atoms with E-state index in [1.807, 2.05) is 29.8 Å². The molecule has 0 spiro atoms. The van der Waals surface area contributed by atoms with Crippen LogP contribution in [0.3, 0.4) is 0 Å². The molecule has 0 aliphatic heterocycles. The van der Waals surface area contributed by atoms with Crippen LogP contribution < -0.4 is 0 Å². The highest BCUT2D eigenvalue weighted by atomic mass is 16.5. The van der Waals surface area contributed by atoms with Gasteiger partial charge in [0.2, 0.25) is 0 Å². The lowest BCUT2D eigenvalue weighted by atomic mass is 10.0. The molecule has 0 aliphatic rings. The molecule has 1 aromatic heterocycles. The maximum Gasteiger partial charge on any atom is 0.354 e. The Labute approximate surface area is 97.4 Å². The molecule has 16 heavy (non-hydrogen) atoms. The fourth-order valence-electron chi connectivity index (χ4n) is 1.79. The van der Waals surface area contributed by atoms with Gasteiger partial charge in [0.15, 0.2) is 0 Å². The number of hydrogen-bond donors (Lipinski definition) is 0. The summed E-state index contributed by atoms with van der Waals surface area (Å²) < 4.78 is 7.01. The number of rotatable bonds is 6. The van der Waals surface area contributed by atoms with Crippen molar-refractivity contribution in [2.45, 2.75) is 40.2 Å². The first-order chi connectivity index (χ1) is 7.72. The minimum Gasteiger partial charge on any atom is -0.461 e. The molecule has 0 saturated heterocycles. The Morgan fingerprint density at radius 2 is 2.06 bits per heavy atom. The van der Waals surface area contributed by atoms with E-state index in [2.05, 4.69) is 13.8 Å². The largest absolute Gasteiger partial charge is 0.461 e. The zero-order valence-corrected chi connectivity index (χ0v) is 10.4. The summed E-state index contributed by atoms with van der Waals surface area (Å²) in [4.78, 5) is 11.6. The maximum atomic E-state index is 11.6. The molecule has 0 N–H and O–H groups in total. The first-order valence-corrected chi connectivity index (χ1v) is 6.05. The van der Waals surface area contributed by atoms with Gasteiger partial charge in [-0.2, -0.15) is 0 Å². The summed E-state index contributed by atoms with van der Waals surface area (Å²) >= 11 is 0. The predicted octanol–water partition coefficient (Wildman–Crippen LogP) is 3.10. The Bertz CT molecular complexity index is 326. The third-order valence-corrected chi connectivity index (χ3v) is 2.92. The monoisotopic (exact) mass is 223 g/mol. The SMILES string of the molecule is CCOC(=O)c1cccn1CC(CC)CC. The molecule has 0 fully saturated rings. The molecule has 0 atom stereocenters. The van der Waals surface area contributed by atoms with Crippen molar-refractivity contribution in [1.29, 1.82) is 0 Å². The molecule has 1 heterocycles. The number of carbonyl (C=O) groups is 1. The van der Waals surface area contributed by atoms with Crippen LogP contribution in [0, 0.1) is 5.92 Å². The molecule has 0 saturated carbocycles. The molecule has 0 radical (unpaired) electrons. The van der Waals surface area contributed by atoms with E-state index in [-0.39, 0.29) is 5.97 Å². The normalized spacial score (nSPS) is 10.8. The molecule has 3 heteroatoms. The first kappa shape index (κ1) is 12.8. The molecule has 90 valence electrons. The van der Waals surface area contributed by atoms with E-state index >= 15 is 0 Å². The van der Waals surface area contributed by atoms with Crippen molar-refractivity contribution < 1.29 is 9.53 Å². The van der Waals surface area contributed by atoms with Gasteiger partial charge in [-0.3, -0.25) is 0 Å². The van der Waals surface area contributed by atoms with Gasteiger partial charge in [0.05, 0.1) is 6.61 Å². The second kappa shape index (κ2) is 6.36. The van der Waals surface area contributed by atoms with Crippen molar-refractivity contribution in [2.75, 3.05) is 6.61 Å². The van der Waals surface area contributed by atoms with Crippen molar-refractivity contribution in [3.8, 4) is 0 Å². The number of ether oxygens (including phenoxy) is 1. The molecule has 0 aliphatic carbocycles. The average molecular weight is 223 g/mol. The number of esters is 1. The Morgan fingerprint density at radius 1 is 1.38 bits per heavy atom. The van der Waals surface area contributed by atoms with Crippen LogP contribution in [0.1, 0.15) is 44.1 Å². The zero-order valence-electron chi connectivity index (χ0n) is 10.4. The van der Waals surface area contributed by atoms with Crippen molar-refractivity contribution in [3.63, 3.8) is 0 Å². The lowest BCUT2D eigenvalue weighted by molar-refractivity contribution is 0.0512. The van der Waals surface area contributed by atoms with Crippen LogP contribution >= 0.6 is 0 Å². The van der Waals surface area contributed by atoms with E-state index in [0.717, 1.165) is 19.4 Å². The smallest absolute Gasteiger partial charge is 0.354 e. The summed E-state index contributed by atoms with van der Waals surface area (Å²) in [7, 11) is 0. The van der Waals surface area contributed by atoms with Crippen LogP contribution in [-0.4, -0.2) is 17.1 Å². The Morgan fingerprint density at radius 3 is 2.62 bits per heavy atom. The number of nitrogens with zero attached hydrogens (tertiary/aromatic N) is 1. The van der Waals surface area contributed by atoms with Gasteiger partial charge in [-0.15, -0.1) is 0 Å². The van der Waals surface area contributed by atoms with E-state index in [9.17, 15) is 4.79 Å². The summed E-state index contributed by atoms with van der Waals surface area (Å²) in [6, 6.07) is 3.72. The first-order valence-electron chi connectivity index (χ1n) is 6.05. The van der Waals surface area contributed by atoms with Gasteiger partial charge < -0.3 is 9.30 Å². The second-order valence-electron chi connectivity index (χ2n) is 3.95. The van der Waals surface area contributed by atoms with Crippen LogP contribution in [-0.2, 0) is 11.3 Å². The Kier molecular flexibility index (Phi) is 5.09. The molecular weight excluding hydrogens is 202 g/mol. The van der Waals surface area contributed by atoms with E-state index in [1.165, 1.54) is 0 Å². The van der Waals surface area contributed by atoms with Crippen LogP contribution in [0.25, 0.3) is 0 Å². The average Bonchev–Trinajstić information content (AvgIpc) is 2.74. The van der Waals surface area contributed by atoms with Crippen molar-refractivity contribution in [1.82, 2.24) is 4.57 Å². The third kappa shape index (κ3) is 3.12. The standard InChI is InChI=1S/C13H21NO2/c1-4-11(5-2)10-14-9-7-8-12(14)13(15)16-6-3/h7-9,11H,4-6,10H2,1-3H3. The molecule has 0 amide bonds. The fraction of sp³-hybridized carbons (Fsp3) is 0.615. The third-order valence-electron chi connectivity index (χ3n) is 2.92. The Balaban J connectivity index is 2.73. The highest BCUT2D eigenvalue weighted by Gasteiger charge is 2.13. The molecule has 1 rings (SSSR count). The van der Waals surface area contributed by atoms with Crippen molar-refractivity contribution in [2.24, 2.45) is 5.92 Å². The summed E-state index contributed by atoms with van der Waals surface area (Å²) in [5, 5.41) is 0. The number of hydrogen-bond acceptors (Lipinski definition) is 2. The van der Waals surface area contributed by atoms with Crippen molar-refractivity contribution in [3.05, 3.63) is 24.0 Å². The van der Waals surface area contributed by atoms with E-state index in [1.54, 1.807) is 0 Å². The Hall–Kier alpha value is -1.25. The summed E-state index contributed by atoms with van der Waals surface area (Å²) in [5.41, 5.74) is 0.661. The van der Waals surface area contributed by atoms with Gasteiger partial charge in [-0.1, -0.05) is 26.7 Å². The topological polar surface area (TPSA) is 31.2 Å². The molecule has 0 unspecified atom stereocenters. The number of carbonyl (C=O) groups excluding carboxylic acids is 1. The highest BCUT2D eigenvalue weighted by molar-refractivity contribution is 5.87. The quantitative estimate of drug-likeness (QED) is 0.694. The van der Waals surface area contributed by atoms with Gasteiger partial charge in [0, 0.05) is 12.7 Å². The van der Waals surface area contributed by atoms with Crippen LogP contribution in [0.4, 0.5) is 0 Å². The lowest BCUT2D eigenvalue weighted by Gasteiger charge is -2.15. The summed E-state index contributed by atoms with van der Waals surface area (Å²) in [6.45, 7) is 7.51. The lowest BCUT2D eigenvalue weighted by Crippen LogP contribution is -2.15. The highest BCUT2D eigenvalue weighted by Crippen LogP contribution is 2.14. The minimum absolute atomic E-state index is 0.224. The van der Waals surface area contributed by atoms with Crippen LogP contribution in [0.2, 0.25) is 0 Å². The summed E-state index contributed by atoms with van der Waals surface area (Å²) in [6.07, 6.45) is 4.22. The summed E-state index contributed by atoms with van der Waals surface area (Å²) in [5.74, 6) is 0.402. The molecule has 0 aromatic carbocycles. The van der Waals surface area contributed by atoms with Gasteiger partial charge in [-0.25, -0.2) is 4.79 Å². The van der Waals surface area contributed by atoms with Crippen LogP contribution in [0.15, 0.2) is 18.3 Å². The minimum atomic E-state index is -0.224. The molecular formula is C13H21NO2. The van der Waals surface area contributed by atoms with Crippen LogP contribution in [0.5, 0.6) is 0 Å². The molecule has 1 aromatic rings. The van der Waals surface area contributed by atoms with Gasteiger partial charge in [0.25, 0.3) is 0 Å². The van der Waals surface area contributed by atoms with Gasteiger partial charge >= 0.3 is 5.97 Å². The molecule has 3 nitrogen and oxygen atoms in total. The second-order valence-corrected chi connectivity index (χ2v) is 3.95. The number of aromatic nitrogens is 1. The van der Waals surface area contributed by atoms with E-state index in [4.69, 9.17) is 4.74 Å². The molecule has 0 bridgehead atoms. The zero-order chi connectivity index (χ0) is 12.0. The van der Waals surface area contributed by atoms with Crippen molar-refractivity contribution >= 4 is 5.97 Å². The maximum absolute atomic E-state index is 11.6. The van der Waals surface area contributed by atoms with E-state index in [0.29, 0.717) is 18.2 Å². The predicted molar refractivity (Wildman–Crippen MR) is 64.5 cm³/mol. The van der Waals surface area contributed by atoms with Gasteiger partial charge in [-0.05, 0) is 25.0 Å². The van der Waals surface area contributed by atoms with E-state index < -0.39 is 0 Å². The fourth-order valence-corrected chi connectivity index (χ4v) is 1.79.